The van der Waals surface area contributed by atoms with Crippen molar-refractivity contribution in [3.63, 3.8) is 0 Å². The molecule has 1 aromatic heterocycles. The van der Waals surface area contributed by atoms with Gasteiger partial charge in [-0.3, -0.25) is 19.7 Å². The molecule has 9 nitrogen and oxygen atoms in total. The van der Waals surface area contributed by atoms with Crippen molar-refractivity contribution in [3.05, 3.63) is 22.4 Å². The quantitative estimate of drug-likeness (QED) is 0.407. The first kappa shape index (κ1) is 20.2. The van der Waals surface area contributed by atoms with Crippen molar-refractivity contribution in [1.82, 2.24) is 10.6 Å². The number of hydrogen-bond donors (Lipinski definition) is 5. The van der Waals surface area contributed by atoms with E-state index < -0.39 is 51.9 Å². The van der Waals surface area contributed by atoms with Gasteiger partial charge in [0.15, 0.2) is 12.0 Å². The number of rotatable bonds is 7. The van der Waals surface area contributed by atoms with Gasteiger partial charge in [0, 0.05) is 4.75 Å². The molecule has 1 amide bonds. The molecule has 1 saturated heterocycles. The van der Waals surface area contributed by atoms with Gasteiger partial charge in [0.05, 0.1) is 5.37 Å². The molecule has 2 heterocycles. The van der Waals surface area contributed by atoms with Gasteiger partial charge in [-0.2, -0.15) is 11.3 Å². The number of amides is 1. The summed E-state index contributed by atoms with van der Waals surface area (Å²) in [6.45, 7) is 3.30. The van der Waals surface area contributed by atoms with Crippen LogP contribution in [-0.4, -0.2) is 61.3 Å². The van der Waals surface area contributed by atoms with Gasteiger partial charge >= 0.3 is 17.9 Å². The summed E-state index contributed by atoms with van der Waals surface area (Å²) in [5.74, 6) is -6.44. The van der Waals surface area contributed by atoms with E-state index >= 15 is 0 Å². The normalized spacial score (nSPS) is 23.8. The van der Waals surface area contributed by atoms with E-state index in [2.05, 4.69) is 10.6 Å². The molecule has 0 bridgehead atoms. The molecule has 11 heteroatoms. The van der Waals surface area contributed by atoms with Gasteiger partial charge in [0.1, 0.15) is 6.04 Å². The van der Waals surface area contributed by atoms with Gasteiger partial charge in [-0.05, 0) is 36.2 Å². The highest BCUT2D eigenvalue weighted by molar-refractivity contribution is 8.01. The highest BCUT2D eigenvalue weighted by Crippen LogP contribution is 2.39. The van der Waals surface area contributed by atoms with E-state index in [0.29, 0.717) is 0 Å². The molecule has 2 rings (SSSR count). The lowest BCUT2D eigenvalue weighted by Gasteiger charge is -2.23. The van der Waals surface area contributed by atoms with Crippen molar-refractivity contribution in [2.45, 2.75) is 42.0 Å². The van der Waals surface area contributed by atoms with Crippen LogP contribution in [0.4, 0.5) is 0 Å². The van der Waals surface area contributed by atoms with Crippen LogP contribution in [0.5, 0.6) is 0 Å². The smallest absolute Gasteiger partial charge is 0.328 e. The lowest BCUT2D eigenvalue weighted by molar-refractivity contribution is -0.147. The first-order valence-corrected chi connectivity index (χ1v) is 9.31. The maximum Gasteiger partial charge on any atom is 0.328 e. The zero-order valence-corrected chi connectivity index (χ0v) is 15.5. The molecule has 26 heavy (non-hydrogen) atoms. The molecule has 0 radical (unpaired) electrons. The van der Waals surface area contributed by atoms with Crippen LogP contribution in [0.15, 0.2) is 16.8 Å². The highest BCUT2D eigenvalue weighted by Gasteiger charge is 2.49. The molecule has 0 saturated carbocycles. The Balaban J connectivity index is 2.21. The van der Waals surface area contributed by atoms with Crippen molar-refractivity contribution in [1.29, 1.82) is 0 Å². The molecule has 0 aromatic carbocycles. The van der Waals surface area contributed by atoms with Crippen LogP contribution in [0.3, 0.4) is 0 Å². The van der Waals surface area contributed by atoms with E-state index in [1.165, 1.54) is 22.8 Å². The van der Waals surface area contributed by atoms with Gasteiger partial charge in [0.25, 0.3) is 0 Å². The molecule has 0 aliphatic carbocycles. The fourth-order valence-corrected chi connectivity index (χ4v) is 4.85. The van der Waals surface area contributed by atoms with Crippen molar-refractivity contribution < 1.29 is 34.5 Å². The number of nitrogens with one attached hydrogen (secondary N) is 2. The summed E-state index contributed by atoms with van der Waals surface area (Å²) < 4.78 is -0.811. The zero-order valence-electron chi connectivity index (χ0n) is 13.8. The van der Waals surface area contributed by atoms with Crippen molar-refractivity contribution >= 4 is 46.9 Å². The molecule has 1 aliphatic heterocycles. The van der Waals surface area contributed by atoms with Crippen LogP contribution in [0, 0.1) is 0 Å². The third-order valence-electron chi connectivity index (χ3n) is 3.96. The summed E-state index contributed by atoms with van der Waals surface area (Å²) in [7, 11) is 0. The molecule has 1 aromatic rings. The second-order valence-corrected chi connectivity index (χ2v) is 8.81. The average molecular weight is 402 g/mol. The van der Waals surface area contributed by atoms with Gasteiger partial charge in [-0.15, -0.1) is 11.8 Å². The lowest BCUT2D eigenvalue weighted by Crippen LogP contribution is -2.55. The minimum atomic E-state index is -1.54. The summed E-state index contributed by atoms with van der Waals surface area (Å²) in [6.07, 6.45) is 0. The molecule has 1 aliphatic rings. The van der Waals surface area contributed by atoms with Crippen LogP contribution in [0.1, 0.15) is 25.3 Å². The van der Waals surface area contributed by atoms with Crippen LogP contribution < -0.4 is 10.6 Å². The van der Waals surface area contributed by atoms with E-state index in [-0.39, 0.29) is 5.56 Å². The third kappa shape index (κ3) is 4.17. The maximum absolute atomic E-state index is 12.4. The standard InChI is InChI=1S/C15H18N2O7S2/c1-15(2)9(14(23)24)17-11(26-15)8(13(21)22)16-10(18)7(12(19)20)6-3-4-25-5-6/h3-5,7-9,11,17H,1-2H3,(H,16,18)(H,19,20)(H,21,22)(H,23,24). The van der Waals surface area contributed by atoms with Gasteiger partial charge in [-0.25, -0.2) is 4.79 Å². The SMILES string of the molecule is CC1(C)SC(C(NC(=O)C(C(=O)O)c2ccsc2)C(=O)O)NC1C(=O)O. The fraction of sp³-hybridized carbons (Fsp3) is 0.467. The Hall–Kier alpha value is -2.11. The molecule has 4 unspecified atom stereocenters. The van der Waals surface area contributed by atoms with Crippen LogP contribution in [0.25, 0.3) is 0 Å². The molecular formula is C15H18N2O7S2. The van der Waals surface area contributed by atoms with E-state index in [9.17, 15) is 34.5 Å². The second-order valence-electron chi connectivity index (χ2n) is 6.23. The third-order valence-corrected chi connectivity index (χ3v) is 6.16. The van der Waals surface area contributed by atoms with E-state index in [1.807, 2.05) is 0 Å². The number of aliphatic carboxylic acids is 3. The summed E-state index contributed by atoms with van der Waals surface area (Å²) in [5.41, 5.74) is 0.250. The Labute approximate surface area is 156 Å². The van der Waals surface area contributed by atoms with Gasteiger partial charge in [-0.1, -0.05) is 0 Å². The van der Waals surface area contributed by atoms with Gasteiger partial charge in [0.2, 0.25) is 5.91 Å². The van der Waals surface area contributed by atoms with Crippen LogP contribution in [-0.2, 0) is 19.2 Å². The molecule has 4 atom stereocenters. The molecule has 0 spiro atoms. The van der Waals surface area contributed by atoms with Crippen LogP contribution >= 0.6 is 23.1 Å². The van der Waals surface area contributed by atoms with Crippen LogP contribution in [0.2, 0.25) is 0 Å². The number of thioether (sulfide) groups is 1. The largest absolute Gasteiger partial charge is 0.480 e. The molecule has 1 fully saturated rings. The van der Waals surface area contributed by atoms with Crippen molar-refractivity contribution in [2.24, 2.45) is 0 Å². The van der Waals surface area contributed by atoms with E-state index in [1.54, 1.807) is 19.2 Å². The Kier molecular flexibility index (Phi) is 5.94. The summed E-state index contributed by atoms with van der Waals surface area (Å²) in [6, 6.07) is -1.02. The van der Waals surface area contributed by atoms with Crippen molar-refractivity contribution in [2.75, 3.05) is 0 Å². The Morgan fingerprint density at radius 3 is 2.27 bits per heavy atom. The molecule has 5 N–H and O–H groups in total. The molecular weight excluding hydrogens is 384 g/mol. The minimum absolute atomic E-state index is 0.250. The highest BCUT2D eigenvalue weighted by atomic mass is 32.2. The summed E-state index contributed by atoms with van der Waals surface area (Å²) >= 11 is 2.28. The lowest BCUT2D eigenvalue weighted by atomic mass is 10.0. The number of thiophene rings is 1. The first-order valence-electron chi connectivity index (χ1n) is 7.49. The maximum atomic E-state index is 12.4. The number of carboxylic acids is 3. The second kappa shape index (κ2) is 7.64. The van der Waals surface area contributed by atoms with E-state index in [0.717, 1.165) is 11.8 Å². The number of carbonyl (C=O) groups excluding carboxylic acids is 1. The zero-order chi connectivity index (χ0) is 19.6. The Morgan fingerprint density at radius 1 is 1.19 bits per heavy atom. The molecule has 142 valence electrons. The van der Waals surface area contributed by atoms with Crippen molar-refractivity contribution in [3.8, 4) is 0 Å². The Morgan fingerprint density at radius 2 is 1.85 bits per heavy atom. The number of hydrogen-bond acceptors (Lipinski definition) is 7. The van der Waals surface area contributed by atoms with Gasteiger partial charge < -0.3 is 20.6 Å². The summed E-state index contributed by atoms with van der Waals surface area (Å²) in [5, 5.41) is 35.2. The predicted molar refractivity (Wildman–Crippen MR) is 94.3 cm³/mol. The Bertz CT molecular complexity index is 720. The van der Waals surface area contributed by atoms with E-state index in [4.69, 9.17) is 0 Å². The fourth-order valence-electron chi connectivity index (χ4n) is 2.68. The number of carbonyl (C=O) groups is 4. The minimum Gasteiger partial charge on any atom is -0.480 e. The first-order chi connectivity index (χ1) is 12.0. The number of carboxylic acid groups (broad SMARTS) is 3. The predicted octanol–water partition coefficient (Wildman–Crippen LogP) is 0.380. The monoisotopic (exact) mass is 402 g/mol. The average Bonchev–Trinajstić information content (AvgIpc) is 3.11. The topological polar surface area (TPSA) is 153 Å². The summed E-state index contributed by atoms with van der Waals surface area (Å²) in [4.78, 5) is 46.9.